The van der Waals surface area contributed by atoms with Gasteiger partial charge in [-0.05, 0) is 49.8 Å². The van der Waals surface area contributed by atoms with E-state index < -0.39 is 0 Å². The van der Waals surface area contributed by atoms with E-state index in [4.69, 9.17) is 4.74 Å². The summed E-state index contributed by atoms with van der Waals surface area (Å²) in [6, 6.07) is 16.0. The number of para-hydroxylation sites is 1. The molecule has 3 atom stereocenters. The number of aryl methyl sites for hydroxylation is 2. The van der Waals surface area contributed by atoms with Crippen LogP contribution in [0.2, 0.25) is 0 Å². The van der Waals surface area contributed by atoms with E-state index in [9.17, 15) is 9.59 Å². The molecule has 1 aliphatic carbocycles. The number of aromatic nitrogens is 1. The van der Waals surface area contributed by atoms with Crippen LogP contribution in [0.5, 0.6) is 0 Å². The SMILES string of the molecule is Cc1cccc(-c2sc(C)nc2C(=O)N2C[C@@H]3C[C@@H]3[C@H]2CNC(=O)c2ccccc2N2CCOCC2)c1. The largest absolute Gasteiger partial charge is 0.378 e. The predicted molar refractivity (Wildman–Crippen MR) is 145 cm³/mol. The van der Waals surface area contributed by atoms with Gasteiger partial charge in [-0.15, -0.1) is 11.3 Å². The summed E-state index contributed by atoms with van der Waals surface area (Å²) < 4.78 is 5.48. The lowest BCUT2D eigenvalue weighted by molar-refractivity contribution is 0.0690. The average molecular weight is 517 g/mol. The molecule has 8 heteroatoms. The molecule has 1 N–H and O–H groups in total. The summed E-state index contributed by atoms with van der Waals surface area (Å²) in [5, 5.41) is 4.05. The second kappa shape index (κ2) is 9.91. The Morgan fingerprint density at radius 1 is 1.11 bits per heavy atom. The predicted octanol–water partition coefficient (Wildman–Crippen LogP) is 4.15. The quantitative estimate of drug-likeness (QED) is 0.533. The smallest absolute Gasteiger partial charge is 0.274 e. The van der Waals surface area contributed by atoms with Crippen molar-refractivity contribution >= 4 is 28.8 Å². The van der Waals surface area contributed by atoms with Gasteiger partial charge in [-0.25, -0.2) is 4.98 Å². The van der Waals surface area contributed by atoms with Crippen LogP contribution in [0.3, 0.4) is 0 Å². The summed E-state index contributed by atoms with van der Waals surface area (Å²) in [4.78, 5) is 36.9. The minimum absolute atomic E-state index is 0.00985. The molecule has 0 spiro atoms. The van der Waals surface area contributed by atoms with Gasteiger partial charge >= 0.3 is 0 Å². The Labute approximate surface area is 221 Å². The van der Waals surface area contributed by atoms with Gasteiger partial charge in [0.15, 0.2) is 0 Å². The van der Waals surface area contributed by atoms with Crippen LogP contribution in [0.15, 0.2) is 48.5 Å². The Balaban J connectivity index is 1.19. The first-order valence-electron chi connectivity index (χ1n) is 13.0. The van der Waals surface area contributed by atoms with Gasteiger partial charge in [-0.1, -0.05) is 42.0 Å². The topological polar surface area (TPSA) is 74.8 Å². The molecule has 3 heterocycles. The third kappa shape index (κ3) is 4.76. The molecule has 6 rings (SSSR count). The molecular weight excluding hydrogens is 484 g/mol. The number of hydrogen-bond donors (Lipinski definition) is 1. The highest BCUT2D eigenvalue weighted by Crippen LogP contribution is 2.50. The van der Waals surface area contributed by atoms with E-state index in [1.807, 2.05) is 48.2 Å². The van der Waals surface area contributed by atoms with Gasteiger partial charge in [-0.2, -0.15) is 0 Å². The van der Waals surface area contributed by atoms with Crippen LogP contribution in [-0.4, -0.2) is 67.1 Å². The van der Waals surface area contributed by atoms with Crippen molar-refractivity contribution in [2.24, 2.45) is 11.8 Å². The lowest BCUT2D eigenvalue weighted by Gasteiger charge is -2.31. The van der Waals surface area contributed by atoms with Crippen molar-refractivity contribution in [2.75, 3.05) is 44.3 Å². The fourth-order valence-electron chi connectivity index (χ4n) is 5.79. The van der Waals surface area contributed by atoms with E-state index in [1.165, 1.54) is 0 Å². The molecule has 0 radical (unpaired) electrons. The van der Waals surface area contributed by atoms with Crippen molar-refractivity contribution in [3.05, 3.63) is 70.4 Å². The van der Waals surface area contributed by atoms with E-state index in [0.717, 1.165) is 52.8 Å². The van der Waals surface area contributed by atoms with Crippen LogP contribution >= 0.6 is 11.3 Å². The molecule has 7 nitrogen and oxygen atoms in total. The first-order valence-corrected chi connectivity index (χ1v) is 13.9. The van der Waals surface area contributed by atoms with Crippen molar-refractivity contribution in [1.82, 2.24) is 15.2 Å². The maximum absolute atomic E-state index is 13.8. The lowest BCUT2D eigenvalue weighted by Crippen LogP contribution is -2.46. The lowest BCUT2D eigenvalue weighted by atomic mass is 10.1. The summed E-state index contributed by atoms with van der Waals surface area (Å²) in [5.74, 6) is 0.846. The fourth-order valence-corrected chi connectivity index (χ4v) is 6.70. The van der Waals surface area contributed by atoms with Gasteiger partial charge in [-0.3, -0.25) is 9.59 Å². The van der Waals surface area contributed by atoms with Crippen molar-refractivity contribution in [2.45, 2.75) is 26.3 Å². The van der Waals surface area contributed by atoms with Crippen LogP contribution in [0.25, 0.3) is 10.4 Å². The average Bonchev–Trinajstić information content (AvgIpc) is 3.43. The molecule has 0 bridgehead atoms. The molecule has 1 saturated carbocycles. The second-order valence-electron chi connectivity index (χ2n) is 10.3. The third-order valence-electron chi connectivity index (χ3n) is 7.75. The normalized spacial score (nSPS) is 22.6. The number of ether oxygens (including phenoxy) is 1. The molecule has 3 aromatic rings. The van der Waals surface area contributed by atoms with Gasteiger partial charge in [0.1, 0.15) is 5.69 Å². The highest BCUT2D eigenvalue weighted by atomic mass is 32.1. The molecule has 3 fully saturated rings. The number of anilines is 1. The summed E-state index contributed by atoms with van der Waals surface area (Å²) in [5.41, 5.74) is 4.32. The van der Waals surface area contributed by atoms with E-state index in [-0.39, 0.29) is 17.9 Å². The Bertz CT molecular complexity index is 1330. The van der Waals surface area contributed by atoms with Crippen molar-refractivity contribution in [3.63, 3.8) is 0 Å². The molecule has 2 amide bonds. The maximum Gasteiger partial charge on any atom is 0.274 e. The van der Waals surface area contributed by atoms with Crippen molar-refractivity contribution in [3.8, 4) is 10.4 Å². The zero-order chi connectivity index (χ0) is 25.5. The Kier molecular flexibility index (Phi) is 6.46. The van der Waals surface area contributed by atoms with Crippen LogP contribution in [0, 0.1) is 25.7 Å². The number of morpholine rings is 1. The van der Waals surface area contributed by atoms with Crippen LogP contribution in [-0.2, 0) is 4.74 Å². The highest BCUT2D eigenvalue weighted by Gasteiger charge is 2.54. The minimum atomic E-state index is -0.0939. The molecular formula is C29H32N4O3S. The zero-order valence-electron chi connectivity index (χ0n) is 21.3. The Morgan fingerprint density at radius 2 is 1.92 bits per heavy atom. The van der Waals surface area contributed by atoms with E-state index >= 15 is 0 Å². The van der Waals surface area contributed by atoms with Crippen LogP contribution in [0.1, 0.15) is 37.8 Å². The molecule has 192 valence electrons. The first-order chi connectivity index (χ1) is 18.0. The zero-order valence-corrected chi connectivity index (χ0v) is 22.1. The number of hydrogen-bond acceptors (Lipinski definition) is 6. The van der Waals surface area contributed by atoms with E-state index in [1.54, 1.807) is 11.3 Å². The number of rotatable bonds is 6. The standard InChI is InChI=1S/C29H32N4O3S/c1-18-6-5-7-20(14-18)27-26(31-19(2)37-27)29(35)33-17-21-15-23(21)25(33)16-30-28(34)22-8-3-4-9-24(22)32-10-12-36-13-11-32/h3-9,14,21,23,25H,10-13,15-17H2,1-2H3,(H,30,34)/t21-,23-,25+/m0/s1. The number of thiazole rings is 1. The van der Waals surface area contributed by atoms with Gasteiger partial charge in [0.2, 0.25) is 0 Å². The molecule has 1 aromatic heterocycles. The van der Waals surface area contributed by atoms with Crippen LogP contribution < -0.4 is 10.2 Å². The third-order valence-corrected chi connectivity index (χ3v) is 8.77. The maximum atomic E-state index is 13.8. The monoisotopic (exact) mass is 516 g/mol. The summed E-state index contributed by atoms with van der Waals surface area (Å²) in [7, 11) is 0. The summed E-state index contributed by atoms with van der Waals surface area (Å²) >= 11 is 1.57. The first kappa shape index (κ1) is 24.1. The van der Waals surface area contributed by atoms with E-state index in [0.29, 0.717) is 42.9 Å². The van der Waals surface area contributed by atoms with Crippen LogP contribution in [0.4, 0.5) is 5.69 Å². The number of nitrogens with one attached hydrogen (secondary N) is 1. The number of piperidine rings is 1. The van der Waals surface area contributed by atoms with Gasteiger partial charge in [0.05, 0.1) is 34.7 Å². The number of fused-ring (bicyclic) bond motifs is 1. The molecule has 2 aliphatic heterocycles. The van der Waals surface area contributed by atoms with E-state index in [2.05, 4.69) is 34.3 Å². The summed E-state index contributed by atoms with van der Waals surface area (Å²) in [6.07, 6.45) is 1.12. The van der Waals surface area contributed by atoms with Gasteiger partial charge in [0, 0.05) is 31.9 Å². The number of benzene rings is 2. The molecule has 3 aliphatic rings. The molecule has 0 unspecified atom stereocenters. The van der Waals surface area contributed by atoms with Crippen molar-refractivity contribution < 1.29 is 14.3 Å². The van der Waals surface area contributed by atoms with Gasteiger partial charge < -0.3 is 19.9 Å². The number of likely N-dealkylation sites (tertiary alicyclic amines) is 1. The van der Waals surface area contributed by atoms with Gasteiger partial charge in [0.25, 0.3) is 11.8 Å². The molecule has 2 aromatic carbocycles. The van der Waals surface area contributed by atoms with Crippen molar-refractivity contribution in [1.29, 1.82) is 0 Å². The number of amides is 2. The number of carbonyl (C=O) groups is 2. The highest BCUT2D eigenvalue weighted by molar-refractivity contribution is 7.15. The number of nitrogens with zero attached hydrogens (tertiary/aromatic N) is 3. The number of carbonyl (C=O) groups excluding carboxylic acids is 2. The molecule has 2 saturated heterocycles. The fraction of sp³-hybridized carbons (Fsp3) is 0.414. The Morgan fingerprint density at radius 3 is 2.73 bits per heavy atom. The summed E-state index contributed by atoms with van der Waals surface area (Å²) in [6.45, 7) is 8.07. The minimum Gasteiger partial charge on any atom is -0.378 e. The second-order valence-corrected chi connectivity index (χ2v) is 11.5. The molecule has 37 heavy (non-hydrogen) atoms. The Hall–Kier alpha value is -3.23.